The maximum Gasteiger partial charge on any atom is 0.473 e. The highest BCUT2D eigenvalue weighted by Crippen LogP contribution is 2.47. The molecule has 0 rings (SSSR count). The van der Waals surface area contributed by atoms with E-state index in [0.717, 1.165) is 6.42 Å². The van der Waals surface area contributed by atoms with Crippen LogP contribution in [0.4, 0.5) is 0 Å². The van der Waals surface area contributed by atoms with Gasteiger partial charge < -0.3 is 8.85 Å². The summed E-state index contributed by atoms with van der Waals surface area (Å²) < 4.78 is 11.5. The van der Waals surface area contributed by atoms with Crippen LogP contribution in [0.1, 0.15) is 54.9 Å². The average molecular weight is 312 g/mol. The van der Waals surface area contributed by atoms with Gasteiger partial charge in [0.1, 0.15) is 0 Å². The zero-order valence-electron chi connectivity index (χ0n) is 14.3. The monoisotopic (exact) mass is 312 g/mol. The lowest BCUT2D eigenvalue weighted by Gasteiger charge is -2.42. The summed E-state index contributed by atoms with van der Waals surface area (Å²) in [6.45, 7) is 20.1. The molecule has 0 aliphatic heterocycles. The molecule has 0 radical (unpaired) electrons. The van der Waals surface area contributed by atoms with Gasteiger partial charge >= 0.3 is 20.5 Å². The summed E-state index contributed by atoms with van der Waals surface area (Å²) in [4.78, 5) is 24.2. The van der Waals surface area contributed by atoms with Gasteiger partial charge in [-0.3, -0.25) is 0 Å². The van der Waals surface area contributed by atoms with Gasteiger partial charge in [-0.15, -0.1) is 0 Å². The molecule has 4 nitrogen and oxygen atoms in total. The van der Waals surface area contributed by atoms with Crippen LogP contribution in [0.2, 0.25) is 10.6 Å². The Balaban J connectivity index is 5.87. The van der Waals surface area contributed by atoms with E-state index >= 15 is 0 Å². The van der Waals surface area contributed by atoms with Gasteiger partial charge in [0.2, 0.25) is 0 Å². The number of carbonyl (C=O) groups excluding carboxylic acids is 2. The zero-order chi connectivity index (χ0) is 17.0. The van der Waals surface area contributed by atoms with Crippen molar-refractivity contribution in [3.8, 4) is 0 Å². The predicted octanol–water partition coefficient (Wildman–Crippen LogP) is 4.27. The number of carbonyl (C=O) groups is 2. The molecule has 0 aliphatic rings. The first-order chi connectivity index (χ1) is 9.39. The second kappa shape index (κ2) is 7.07. The summed E-state index contributed by atoms with van der Waals surface area (Å²) in [5.74, 6) is -1.02. The van der Waals surface area contributed by atoms with Crippen LogP contribution in [-0.4, -0.2) is 20.5 Å². The molecule has 0 bridgehead atoms. The first kappa shape index (κ1) is 19.6. The standard InChI is InChI=1S/C16H28O4Si/c1-10-13(6)21(16(7,8)9,19-14(17)11(2)3)20-15(18)12(4)5/h13H,2,4,10H2,1,3,5-9H3. The maximum absolute atomic E-state index is 12.1. The molecule has 0 spiro atoms. The minimum atomic E-state index is -3.17. The first-order valence-corrected chi connectivity index (χ1v) is 9.06. The van der Waals surface area contributed by atoms with Gasteiger partial charge in [-0.1, -0.05) is 47.8 Å². The SMILES string of the molecule is C=C(C)C(=O)O[Si](OC(=O)C(=C)C)(C(C)CC)C(C)(C)C. The lowest BCUT2D eigenvalue weighted by atomic mass is 10.2. The average Bonchev–Trinajstić information content (AvgIpc) is 2.34. The zero-order valence-corrected chi connectivity index (χ0v) is 15.3. The molecule has 0 aliphatic carbocycles. The molecule has 0 aromatic carbocycles. The van der Waals surface area contributed by atoms with Gasteiger partial charge in [-0.25, -0.2) is 9.59 Å². The summed E-state index contributed by atoms with van der Waals surface area (Å²) in [5, 5.41) is -0.460. The van der Waals surface area contributed by atoms with Gasteiger partial charge in [0.05, 0.1) is 0 Å². The Bertz CT molecular complexity index is 418. The van der Waals surface area contributed by atoms with E-state index in [4.69, 9.17) is 8.85 Å². The van der Waals surface area contributed by atoms with Gasteiger partial charge in [0.25, 0.3) is 0 Å². The van der Waals surface area contributed by atoms with Gasteiger partial charge in [-0.05, 0) is 20.3 Å². The van der Waals surface area contributed by atoms with Crippen molar-refractivity contribution in [1.82, 2.24) is 0 Å². The molecule has 120 valence electrons. The van der Waals surface area contributed by atoms with Crippen molar-refractivity contribution in [2.75, 3.05) is 0 Å². The van der Waals surface area contributed by atoms with E-state index in [-0.39, 0.29) is 5.54 Å². The topological polar surface area (TPSA) is 52.6 Å². The van der Waals surface area contributed by atoms with Crippen LogP contribution in [0.3, 0.4) is 0 Å². The van der Waals surface area contributed by atoms with E-state index in [1.54, 1.807) is 13.8 Å². The third kappa shape index (κ3) is 4.56. The smallest absolute Gasteiger partial charge is 0.473 e. The molecule has 0 saturated heterocycles. The molecular weight excluding hydrogens is 284 g/mol. The Morgan fingerprint density at radius 3 is 1.57 bits per heavy atom. The Morgan fingerprint density at radius 1 is 1.05 bits per heavy atom. The van der Waals surface area contributed by atoms with Crippen LogP contribution < -0.4 is 0 Å². The molecule has 0 fully saturated rings. The molecule has 1 atom stereocenters. The molecule has 0 aromatic rings. The fourth-order valence-corrected chi connectivity index (χ4v) is 5.96. The molecule has 1 unspecified atom stereocenters. The van der Waals surface area contributed by atoms with Crippen molar-refractivity contribution in [1.29, 1.82) is 0 Å². The second-order valence-electron chi connectivity index (χ2n) is 6.57. The lowest BCUT2D eigenvalue weighted by Crippen LogP contribution is -2.56. The molecule has 0 saturated carbocycles. The maximum atomic E-state index is 12.1. The predicted molar refractivity (Wildman–Crippen MR) is 87.0 cm³/mol. The fraction of sp³-hybridized carbons (Fsp3) is 0.625. The molecule has 0 amide bonds. The van der Waals surface area contributed by atoms with Crippen LogP contribution in [-0.2, 0) is 18.4 Å². The summed E-state index contributed by atoms with van der Waals surface area (Å²) in [6.07, 6.45) is 0.746. The molecular formula is C16H28O4Si. The molecule has 0 heterocycles. The third-order valence-electron chi connectivity index (χ3n) is 3.49. The summed E-state index contributed by atoms with van der Waals surface area (Å²) >= 11 is 0. The highest BCUT2D eigenvalue weighted by Gasteiger charge is 2.59. The Hall–Kier alpha value is -1.36. The van der Waals surface area contributed by atoms with Crippen molar-refractivity contribution in [3.05, 3.63) is 24.3 Å². The largest absolute Gasteiger partial charge is 0.481 e. The van der Waals surface area contributed by atoms with Crippen LogP contribution >= 0.6 is 0 Å². The number of hydrogen-bond acceptors (Lipinski definition) is 4. The van der Waals surface area contributed by atoms with E-state index in [0.29, 0.717) is 11.1 Å². The quantitative estimate of drug-likeness (QED) is 0.543. The first-order valence-electron chi connectivity index (χ1n) is 7.16. The Morgan fingerprint density at radius 2 is 1.38 bits per heavy atom. The third-order valence-corrected chi connectivity index (χ3v) is 8.27. The van der Waals surface area contributed by atoms with E-state index in [1.165, 1.54) is 0 Å². The van der Waals surface area contributed by atoms with Crippen LogP contribution in [0.15, 0.2) is 24.3 Å². The van der Waals surface area contributed by atoms with Crippen LogP contribution in [0.5, 0.6) is 0 Å². The van der Waals surface area contributed by atoms with E-state index < -0.39 is 25.5 Å². The second-order valence-corrected chi connectivity index (χ2v) is 10.8. The lowest BCUT2D eigenvalue weighted by molar-refractivity contribution is -0.138. The van der Waals surface area contributed by atoms with Crippen molar-refractivity contribution < 1.29 is 18.4 Å². The molecule has 21 heavy (non-hydrogen) atoms. The van der Waals surface area contributed by atoms with Crippen LogP contribution in [0.25, 0.3) is 0 Å². The molecule has 0 N–H and O–H groups in total. The van der Waals surface area contributed by atoms with Crippen molar-refractivity contribution in [2.45, 2.75) is 65.5 Å². The van der Waals surface area contributed by atoms with Gasteiger partial charge in [-0.2, -0.15) is 0 Å². The highest BCUT2D eigenvalue weighted by molar-refractivity contribution is 6.75. The van der Waals surface area contributed by atoms with Gasteiger partial charge in [0, 0.05) is 21.7 Å². The fourth-order valence-electron chi connectivity index (χ4n) is 1.99. The van der Waals surface area contributed by atoms with E-state index in [1.807, 2.05) is 34.6 Å². The van der Waals surface area contributed by atoms with Crippen LogP contribution in [0, 0.1) is 0 Å². The normalized spacial score (nSPS) is 13.3. The molecule has 5 heteroatoms. The van der Waals surface area contributed by atoms with E-state index in [9.17, 15) is 9.59 Å². The summed E-state index contributed by atoms with van der Waals surface area (Å²) in [7, 11) is -3.17. The number of rotatable bonds is 6. The summed E-state index contributed by atoms with van der Waals surface area (Å²) in [5.41, 5.74) is 0.556. The van der Waals surface area contributed by atoms with Crippen molar-refractivity contribution in [3.63, 3.8) is 0 Å². The van der Waals surface area contributed by atoms with Crippen molar-refractivity contribution in [2.24, 2.45) is 0 Å². The minimum Gasteiger partial charge on any atom is -0.481 e. The van der Waals surface area contributed by atoms with Crippen molar-refractivity contribution >= 4 is 20.5 Å². The molecule has 0 aromatic heterocycles. The number of hydrogen-bond donors (Lipinski definition) is 0. The van der Waals surface area contributed by atoms with Gasteiger partial charge in [0.15, 0.2) is 0 Å². The Kier molecular flexibility index (Phi) is 6.61. The minimum absolute atomic E-state index is 0.0379. The van der Waals surface area contributed by atoms with E-state index in [2.05, 4.69) is 13.2 Å². The highest BCUT2D eigenvalue weighted by atomic mass is 28.4. The Labute approximate surface area is 129 Å². The summed E-state index contributed by atoms with van der Waals surface area (Å²) in [6, 6.07) is 0.